The van der Waals surface area contributed by atoms with Crippen LogP contribution in [0.1, 0.15) is 43.1 Å². The van der Waals surface area contributed by atoms with Gasteiger partial charge in [0.05, 0.1) is 12.2 Å². The van der Waals surface area contributed by atoms with E-state index in [2.05, 4.69) is 39.7 Å². The van der Waals surface area contributed by atoms with Gasteiger partial charge in [0.15, 0.2) is 17.5 Å². The summed E-state index contributed by atoms with van der Waals surface area (Å²) in [5.41, 5.74) is 6.34. The maximum absolute atomic E-state index is 14.2. The van der Waals surface area contributed by atoms with E-state index in [1.165, 1.54) is 9.58 Å². The van der Waals surface area contributed by atoms with Crippen LogP contribution in [-0.2, 0) is 22.7 Å². The molecule has 13 heteroatoms. The highest BCUT2D eigenvalue weighted by Gasteiger charge is 2.35. The average molecular weight is 571 g/mol. The lowest BCUT2D eigenvalue weighted by molar-refractivity contribution is -0.123. The minimum Gasteiger partial charge on any atom is -0.358 e. The molecule has 214 valence electrons. The molecule has 2 aliphatic heterocycles. The lowest BCUT2D eigenvalue weighted by atomic mass is 9.88. The van der Waals surface area contributed by atoms with Gasteiger partial charge in [0.1, 0.15) is 6.73 Å². The Labute approximate surface area is 226 Å². The summed E-state index contributed by atoms with van der Waals surface area (Å²) in [6.07, 6.45) is 7.73. The van der Waals surface area contributed by atoms with Crippen LogP contribution >= 0.6 is 10.0 Å². The minimum absolute atomic E-state index is 0.0761. The molecule has 1 fully saturated rings. The maximum atomic E-state index is 14.2. The molecule has 1 saturated heterocycles. The van der Waals surface area contributed by atoms with Gasteiger partial charge in [0, 0.05) is 36.2 Å². The Morgan fingerprint density at radius 2 is 1.92 bits per heavy atom. The summed E-state index contributed by atoms with van der Waals surface area (Å²) >= 11 is 0. The first-order chi connectivity index (χ1) is 18.5. The number of amides is 1. The Morgan fingerprint density at radius 3 is 2.62 bits per heavy atom. The summed E-state index contributed by atoms with van der Waals surface area (Å²) in [4.78, 5) is 19.8. The lowest BCUT2D eigenvalue weighted by Crippen LogP contribution is -2.43. The van der Waals surface area contributed by atoms with Crippen molar-refractivity contribution in [3.8, 4) is 0 Å². The van der Waals surface area contributed by atoms with E-state index < -0.39 is 39.6 Å². The number of ether oxygens (including phenoxy) is 1. The van der Waals surface area contributed by atoms with Gasteiger partial charge in [-0.2, -0.15) is 4.98 Å². The maximum Gasteiger partial charge on any atom is 0.267 e. The molecule has 1 atom stereocenters. The van der Waals surface area contributed by atoms with E-state index in [9.17, 15) is 22.4 Å². The van der Waals surface area contributed by atoms with Crippen molar-refractivity contribution in [1.29, 1.82) is 0 Å². The standard InChI is InChI=1S/C26H34F4N6O2S/c1-16-13-31-32-14-19(16)24-33-26(36(34-24)15-38-10-11-39(2,3)4)35-9-5-6-18(25(35)37)12-17-7-8-20(27)22(28)21(17)23(29)30/h7-8,13-14,18,23,31-32H,5-6,9-12,15H2,1-4H3. The number of hydrogen-bond acceptors (Lipinski definition) is 6. The molecule has 0 aliphatic carbocycles. The van der Waals surface area contributed by atoms with Crippen molar-refractivity contribution >= 4 is 27.5 Å². The number of anilines is 1. The van der Waals surface area contributed by atoms with Crippen LogP contribution in [0.25, 0.3) is 5.57 Å². The lowest BCUT2D eigenvalue weighted by Gasteiger charge is -2.31. The number of benzene rings is 1. The predicted molar refractivity (Wildman–Crippen MR) is 144 cm³/mol. The van der Waals surface area contributed by atoms with Crippen LogP contribution in [-0.4, -0.2) is 58.3 Å². The molecule has 0 spiro atoms. The van der Waals surface area contributed by atoms with Gasteiger partial charge in [0.2, 0.25) is 11.9 Å². The van der Waals surface area contributed by atoms with E-state index in [0.29, 0.717) is 31.8 Å². The average Bonchev–Trinajstić information content (AvgIpc) is 3.28. The number of alkyl halides is 2. The number of carbonyl (C=O) groups excluding carboxylic acids is 1. The quantitative estimate of drug-likeness (QED) is 0.323. The van der Waals surface area contributed by atoms with Gasteiger partial charge in [-0.3, -0.25) is 9.69 Å². The van der Waals surface area contributed by atoms with Crippen LogP contribution in [0.2, 0.25) is 0 Å². The number of piperidine rings is 1. The Hall–Kier alpha value is -3.06. The molecule has 2 aliphatic rings. The van der Waals surface area contributed by atoms with E-state index in [1.54, 1.807) is 12.4 Å². The summed E-state index contributed by atoms with van der Waals surface area (Å²) in [7, 11) is -0.760. The van der Waals surface area contributed by atoms with E-state index in [1.807, 2.05) is 6.92 Å². The molecule has 1 amide bonds. The monoisotopic (exact) mass is 570 g/mol. The van der Waals surface area contributed by atoms with Crippen LogP contribution in [0.4, 0.5) is 23.5 Å². The zero-order chi connectivity index (χ0) is 28.3. The molecule has 1 aromatic carbocycles. The van der Waals surface area contributed by atoms with E-state index in [0.717, 1.165) is 29.0 Å². The van der Waals surface area contributed by atoms with Crippen molar-refractivity contribution in [3.05, 3.63) is 58.7 Å². The number of allylic oxidation sites excluding steroid dienone is 2. The fraction of sp³-hybridized carbons (Fsp3) is 0.500. The molecule has 2 aromatic rings. The number of halogens is 4. The number of carbonyl (C=O) groups is 1. The zero-order valence-corrected chi connectivity index (χ0v) is 23.3. The molecular weight excluding hydrogens is 536 g/mol. The summed E-state index contributed by atoms with van der Waals surface area (Å²) < 4.78 is 62.5. The number of nitrogens with one attached hydrogen (secondary N) is 2. The van der Waals surface area contributed by atoms with E-state index in [-0.39, 0.29) is 30.6 Å². The Balaban J connectivity index is 1.61. The van der Waals surface area contributed by atoms with Gasteiger partial charge < -0.3 is 15.6 Å². The van der Waals surface area contributed by atoms with Gasteiger partial charge >= 0.3 is 0 Å². The van der Waals surface area contributed by atoms with Crippen LogP contribution in [0.15, 0.2) is 30.1 Å². The Kier molecular flexibility index (Phi) is 8.90. The van der Waals surface area contributed by atoms with Crippen LogP contribution in [0.3, 0.4) is 0 Å². The molecule has 2 N–H and O–H groups in total. The van der Waals surface area contributed by atoms with Gasteiger partial charge in [-0.1, -0.05) is 6.07 Å². The first-order valence-electron chi connectivity index (χ1n) is 12.6. The zero-order valence-electron chi connectivity index (χ0n) is 22.4. The van der Waals surface area contributed by atoms with Gasteiger partial charge in [-0.15, -0.1) is 5.10 Å². The second-order valence-corrected chi connectivity index (χ2v) is 15.1. The van der Waals surface area contributed by atoms with E-state index >= 15 is 0 Å². The number of aromatic nitrogens is 3. The molecular formula is C26H34F4N6O2S. The van der Waals surface area contributed by atoms with Crippen LogP contribution in [0, 0.1) is 17.6 Å². The number of hydrazine groups is 1. The largest absolute Gasteiger partial charge is 0.358 e. The van der Waals surface area contributed by atoms with Crippen molar-refractivity contribution < 1.29 is 27.1 Å². The van der Waals surface area contributed by atoms with Crippen molar-refractivity contribution in [2.24, 2.45) is 5.92 Å². The topological polar surface area (TPSA) is 84.3 Å². The molecule has 0 bridgehead atoms. The SMILES string of the molecule is CC1=CNNC=C1c1nc(N2CCCC(Cc3ccc(F)c(F)c3C(F)F)C2=O)n(COCCS(C)(C)C)n1. The second-order valence-electron chi connectivity index (χ2n) is 10.5. The summed E-state index contributed by atoms with van der Waals surface area (Å²) in [5.74, 6) is -2.38. The van der Waals surface area contributed by atoms with Gasteiger partial charge in [-0.25, -0.2) is 32.3 Å². The van der Waals surface area contributed by atoms with Crippen molar-refractivity contribution in [1.82, 2.24) is 25.6 Å². The third-order valence-corrected chi connectivity index (χ3v) is 8.05. The van der Waals surface area contributed by atoms with Gasteiger partial charge in [0.25, 0.3) is 6.43 Å². The Bertz CT molecular complexity index is 1270. The Morgan fingerprint density at radius 1 is 1.18 bits per heavy atom. The molecule has 4 rings (SSSR count). The first kappa shape index (κ1) is 28.9. The fourth-order valence-corrected chi connectivity index (χ4v) is 5.13. The van der Waals surface area contributed by atoms with Crippen LogP contribution < -0.4 is 15.8 Å². The van der Waals surface area contributed by atoms with Crippen molar-refractivity contribution in [2.45, 2.75) is 39.3 Å². The third kappa shape index (κ3) is 6.75. The molecule has 39 heavy (non-hydrogen) atoms. The molecule has 3 heterocycles. The molecule has 1 unspecified atom stereocenters. The highest BCUT2D eigenvalue weighted by molar-refractivity contribution is 8.32. The third-order valence-electron chi connectivity index (χ3n) is 6.66. The summed E-state index contributed by atoms with van der Waals surface area (Å²) in [5, 5.41) is 4.62. The smallest absolute Gasteiger partial charge is 0.267 e. The number of nitrogens with zero attached hydrogens (tertiary/aromatic N) is 4. The second kappa shape index (κ2) is 12.0. The summed E-state index contributed by atoms with van der Waals surface area (Å²) in [6, 6.07) is 1.95. The molecule has 0 radical (unpaired) electrons. The highest BCUT2D eigenvalue weighted by atomic mass is 32.3. The van der Waals surface area contributed by atoms with Crippen LogP contribution in [0.5, 0.6) is 0 Å². The van der Waals surface area contributed by atoms with E-state index in [4.69, 9.17) is 4.74 Å². The number of rotatable bonds is 10. The predicted octanol–water partition coefficient (Wildman–Crippen LogP) is 4.50. The molecule has 8 nitrogen and oxygen atoms in total. The molecule has 0 saturated carbocycles. The number of hydrogen-bond donors (Lipinski definition) is 2. The first-order valence-corrected chi connectivity index (χ1v) is 15.6. The van der Waals surface area contributed by atoms with Gasteiger partial charge in [-0.05, 0) is 62.2 Å². The minimum atomic E-state index is -3.20. The van der Waals surface area contributed by atoms with Crippen molar-refractivity contribution in [3.63, 3.8) is 0 Å². The normalized spacial score (nSPS) is 18.5. The molecule has 1 aromatic heterocycles. The summed E-state index contributed by atoms with van der Waals surface area (Å²) in [6.45, 7) is 2.84. The highest BCUT2D eigenvalue weighted by Crippen LogP contribution is 2.34. The van der Waals surface area contributed by atoms with Crippen molar-refractivity contribution in [2.75, 3.05) is 42.6 Å². The fourth-order valence-electron chi connectivity index (χ4n) is 4.51.